The molecule has 0 aromatic heterocycles. The molecule has 2 fully saturated rings. The van der Waals surface area contributed by atoms with Crippen LogP contribution in [0.5, 0.6) is 0 Å². The fourth-order valence-corrected chi connectivity index (χ4v) is 4.91. The summed E-state index contributed by atoms with van der Waals surface area (Å²) in [6.07, 6.45) is -5.71. The van der Waals surface area contributed by atoms with E-state index in [2.05, 4.69) is 6.07 Å². The zero-order chi connectivity index (χ0) is 24.0. The van der Waals surface area contributed by atoms with Gasteiger partial charge in [-0.2, -0.15) is 5.26 Å². The van der Waals surface area contributed by atoms with Gasteiger partial charge in [0.1, 0.15) is 36.5 Å². The van der Waals surface area contributed by atoms with Gasteiger partial charge in [0.05, 0.1) is 24.0 Å². The standard InChI is InChI=1S/C21H33NO9S/c1-6-14-17(26)19(11(3)21(30-14)32-8-7-22)31-20-16(25)10(2)18(28-13(5)24)15(29-20)9-27-12(4)23/h10-11,14-21,25-26H,6,8-9H2,1-5H3/t10?,11?,14?,15-,16?,17+,18+,19+,20-,21-/m0/s1. The molecule has 10 nitrogen and oxygen atoms in total. The molecule has 0 amide bonds. The number of hydrogen-bond acceptors (Lipinski definition) is 11. The molecule has 0 bridgehead atoms. The lowest BCUT2D eigenvalue weighted by Crippen LogP contribution is -2.60. The second kappa shape index (κ2) is 12.2. The summed E-state index contributed by atoms with van der Waals surface area (Å²) in [5, 5.41) is 30.6. The smallest absolute Gasteiger partial charge is 0.303 e. The van der Waals surface area contributed by atoms with Crippen molar-refractivity contribution in [2.45, 2.75) is 89.4 Å². The monoisotopic (exact) mass is 475 g/mol. The lowest BCUT2D eigenvalue weighted by Gasteiger charge is -2.47. The summed E-state index contributed by atoms with van der Waals surface area (Å²) in [7, 11) is 0. The fourth-order valence-electron chi connectivity index (χ4n) is 3.99. The highest BCUT2D eigenvalue weighted by molar-refractivity contribution is 7.99. The highest BCUT2D eigenvalue weighted by atomic mass is 32.2. The number of hydrogen-bond donors (Lipinski definition) is 2. The molecule has 2 aliphatic heterocycles. The number of nitrogens with zero attached hydrogens (tertiary/aromatic N) is 1. The van der Waals surface area contributed by atoms with Crippen LogP contribution in [0.3, 0.4) is 0 Å². The van der Waals surface area contributed by atoms with E-state index in [0.29, 0.717) is 6.42 Å². The minimum atomic E-state index is -1.17. The Morgan fingerprint density at radius 2 is 1.72 bits per heavy atom. The second-order valence-electron chi connectivity index (χ2n) is 8.14. The highest BCUT2D eigenvalue weighted by Gasteiger charge is 2.50. The van der Waals surface area contributed by atoms with Gasteiger partial charge in [-0.05, 0) is 6.42 Å². The molecule has 2 rings (SSSR count). The van der Waals surface area contributed by atoms with Gasteiger partial charge in [-0.3, -0.25) is 9.59 Å². The van der Waals surface area contributed by atoms with Crippen molar-refractivity contribution in [3.63, 3.8) is 0 Å². The van der Waals surface area contributed by atoms with Gasteiger partial charge >= 0.3 is 11.9 Å². The molecular weight excluding hydrogens is 442 g/mol. The van der Waals surface area contributed by atoms with E-state index in [9.17, 15) is 19.8 Å². The zero-order valence-electron chi connectivity index (χ0n) is 19.0. The van der Waals surface area contributed by atoms with Crippen LogP contribution < -0.4 is 0 Å². The zero-order valence-corrected chi connectivity index (χ0v) is 19.8. The van der Waals surface area contributed by atoms with Crippen LogP contribution in [0.15, 0.2) is 0 Å². The van der Waals surface area contributed by atoms with E-state index in [0.717, 1.165) is 0 Å². The Morgan fingerprint density at radius 3 is 2.28 bits per heavy atom. The number of carbonyl (C=O) groups excluding carboxylic acids is 2. The van der Waals surface area contributed by atoms with Gasteiger partial charge in [-0.1, -0.05) is 20.8 Å². The maximum Gasteiger partial charge on any atom is 0.303 e. The van der Waals surface area contributed by atoms with Crippen LogP contribution in [0, 0.1) is 23.2 Å². The number of rotatable bonds is 8. The van der Waals surface area contributed by atoms with Crippen molar-refractivity contribution in [3.8, 4) is 6.07 Å². The molecular formula is C21H33NO9S. The quantitative estimate of drug-likeness (QED) is 0.485. The summed E-state index contributed by atoms with van der Waals surface area (Å²) in [4.78, 5) is 22.9. The molecule has 32 heavy (non-hydrogen) atoms. The van der Waals surface area contributed by atoms with E-state index in [1.54, 1.807) is 6.92 Å². The molecule has 2 heterocycles. The molecule has 0 aromatic rings. The predicted octanol–water partition coefficient (Wildman–Crippen LogP) is 0.977. The Labute approximate surface area is 192 Å². The van der Waals surface area contributed by atoms with Crippen LogP contribution in [-0.2, 0) is 33.3 Å². The Hall–Kier alpha value is -1.42. The number of esters is 2. The first-order chi connectivity index (χ1) is 15.1. The van der Waals surface area contributed by atoms with Crippen LogP contribution in [-0.4, -0.2) is 82.9 Å². The van der Waals surface area contributed by atoms with Crippen molar-refractivity contribution in [3.05, 3.63) is 0 Å². The molecule has 4 unspecified atom stereocenters. The summed E-state index contributed by atoms with van der Waals surface area (Å²) in [5.74, 6) is -1.75. The van der Waals surface area contributed by atoms with Crippen molar-refractivity contribution in [1.29, 1.82) is 5.26 Å². The molecule has 182 valence electrons. The SMILES string of the molecule is CCC1O[C@@H](SCC#N)C(C)[C@@H](O[C@@H]2O[C@@H](COC(C)=O)[C@H](OC(C)=O)C(C)C2O)[C@@H]1O. The number of ether oxygens (including phenoxy) is 5. The molecule has 0 spiro atoms. The van der Waals surface area contributed by atoms with Crippen molar-refractivity contribution < 1.29 is 43.5 Å². The first-order valence-electron chi connectivity index (χ1n) is 10.7. The molecule has 11 heteroatoms. The van der Waals surface area contributed by atoms with Crippen LogP contribution in [0.25, 0.3) is 0 Å². The van der Waals surface area contributed by atoms with Gasteiger partial charge < -0.3 is 33.9 Å². The predicted molar refractivity (Wildman–Crippen MR) is 113 cm³/mol. The highest BCUT2D eigenvalue weighted by Crippen LogP contribution is 2.38. The third-order valence-electron chi connectivity index (χ3n) is 5.74. The molecule has 10 atom stereocenters. The maximum absolute atomic E-state index is 11.6. The molecule has 0 saturated carbocycles. The van der Waals surface area contributed by atoms with Crippen molar-refractivity contribution >= 4 is 23.7 Å². The van der Waals surface area contributed by atoms with Gasteiger partial charge in [0.15, 0.2) is 6.29 Å². The van der Waals surface area contributed by atoms with Crippen molar-refractivity contribution in [2.24, 2.45) is 11.8 Å². The van der Waals surface area contributed by atoms with Crippen LogP contribution in [0.2, 0.25) is 0 Å². The normalized spacial score (nSPS) is 39.7. The van der Waals surface area contributed by atoms with E-state index in [-0.39, 0.29) is 23.7 Å². The van der Waals surface area contributed by atoms with Crippen LogP contribution in [0.4, 0.5) is 0 Å². The first kappa shape index (κ1) is 26.8. The maximum atomic E-state index is 11.6. The van der Waals surface area contributed by atoms with Gasteiger partial charge in [0, 0.05) is 25.7 Å². The Balaban J connectivity index is 2.21. The lowest BCUT2D eigenvalue weighted by molar-refractivity contribution is -0.324. The Kier molecular flexibility index (Phi) is 10.2. The Bertz CT molecular complexity index is 687. The van der Waals surface area contributed by atoms with Gasteiger partial charge in [-0.15, -0.1) is 11.8 Å². The average Bonchev–Trinajstić information content (AvgIpc) is 2.74. The molecule has 2 aliphatic rings. The minimum absolute atomic E-state index is 0.186. The van der Waals surface area contributed by atoms with Gasteiger partial charge in [0.25, 0.3) is 0 Å². The Morgan fingerprint density at radius 1 is 1.03 bits per heavy atom. The van der Waals surface area contributed by atoms with Crippen LogP contribution in [0.1, 0.15) is 41.0 Å². The number of aliphatic hydroxyl groups is 2. The summed E-state index contributed by atoms with van der Waals surface area (Å²) < 4.78 is 28.3. The van der Waals surface area contributed by atoms with E-state index in [4.69, 9.17) is 28.9 Å². The molecule has 0 aromatic carbocycles. The summed E-state index contributed by atoms with van der Waals surface area (Å²) >= 11 is 1.32. The van der Waals surface area contributed by atoms with Crippen molar-refractivity contribution in [2.75, 3.05) is 12.4 Å². The number of thioether (sulfide) groups is 1. The molecule has 2 N–H and O–H groups in total. The molecule has 0 radical (unpaired) electrons. The average molecular weight is 476 g/mol. The third kappa shape index (κ3) is 6.56. The van der Waals surface area contributed by atoms with E-state index >= 15 is 0 Å². The third-order valence-corrected chi connectivity index (χ3v) is 6.91. The summed E-state index contributed by atoms with van der Waals surface area (Å²) in [5.41, 5.74) is -0.378. The van der Waals surface area contributed by atoms with E-state index < -0.39 is 60.8 Å². The van der Waals surface area contributed by atoms with E-state index in [1.807, 2.05) is 13.8 Å². The largest absolute Gasteiger partial charge is 0.463 e. The van der Waals surface area contributed by atoms with Gasteiger partial charge in [-0.25, -0.2) is 0 Å². The first-order valence-corrected chi connectivity index (χ1v) is 11.8. The summed E-state index contributed by atoms with van der Waals surface area (Å²) in [6, 6.07) is 2.07. The molecule has 0 aliphatic carbocycles. The lowest BCUT2D eigenvalue weighted by atomic mass is 9.89. The fraction of sp³-hybridized carbons (Fsp3) is 0.857. The van der Waals surface area contributed by atoms with E-state index in [1.165, 1.54) is 25.6 Å². The van der Waals surface area contributed by atoms with Gasteiger partial charge in [0.2, 0.25) is 0 Å². The van der Waals surface area contributed by atoms with Crippen molar-refractivity contribution in [1.82, 2.24) is 0 Å². The van der Waals surface area contributed by atoms with Crippen LogP contribution >= 0.6 is 11.8 Å². The second-order valence-corrected chi connectivity index (χ2v) is 9.23. The number of nitriles is 1. The molecule has 2 saturated heterocycles. The topological polar surface area (TPSA) is 145 Å². The summed E-state index contributed by atoms with van der Waals surface area (Å²) in [6.45, 7) is 7.70. The number of aliphatic hydroxyl groups excluding tert-OH is 2. The minimum Gasteiger partial charge on any atom is -0.463 e. The number of carbonyl (C=O) groups is 2.